The predicted molar refractivity (Wildman–Crippen MR) is 65.1 cm³/mol. The van der Waals surface area contributed by atoms with E-state index >= 15 is 0 Å². The first kappa shape index (κ1) is 13.0. The number of hydrogen-bond acceptors (Lipinski definition) is 2. The summed E-state index contributed by atoms with van der Waals surface area (Å²) < 4.78 is 0. The molecule has 0 spiro atoms. The van der Waals surface area contributed by atoms with Crippen molar-refractivity contribution in [1.29, 1.82) is 0 Å². The molecule has 1 aliphatic heterocycles. The van der Waals surface area contributed by atoms with Gasteiger partial charge in [-0.05, 0) is 32.4 Å². The van der Waals surface area contributed by atoms with Gasteiger partial charge in [0.25, 0.3) is 0 Å². The van der Waals surface area contributed by atoms with E-state index in [1.54, 1.807) is 0 Å². The van der Waals surface area contributed by atoms with Crippen molar-refractivity contribution >= 4 is 0 Å². The summed E-state index contributed by atoms with van der Waals surface area (Å²) in [6.45, 7) is 5.57. The highest BCUT2D eigenvalue weighted by Gasteiger charge is 2.16. The Morgan fingerprint density at radius 2 is 1.87 bits per heavy atom. The lowest BCUT2D eigenvalue weighted by atomic mass is 10.1. The Morgan fingerprint density at radius 3 is 2.60 bits per heavy atom. The second kappa shape index (κ2) is 8.12. The van der Waals surface area contributed by atoms with Crippen LogP contribution in [-0.4, -0.2) is 35.7 Å². The van der Waals surface area contributed by atoms with Gasteiger partial charge in [-0.1, -0.05) is 39.0 Å². The molecule has 2 heteroatoms. The van der Waals surface area contributed by atoms with Crippen LogP contribution < -0.4 is 0 Å². The first-order valence-corrected chi connectivity index (χ1v) is 6.73. The van der Waals surface area contributed by atoms with Gasteiger partial charge < -0.3 is 10.0 Å². The molecular formula is C13H27NO. The summed E-state index contributed by atoms with van der Waals surface area (Å²) in [5, 5.41) is 9.51. The minimum Gasteiger partial charge on any atom is -0.392 e. The molecule has 0 amide bonds. The monoisotopic (exact) mass is 213 g/mol. The number of likely N-dealkylation sites (tertiary alicyclic amines) is 1. The maximum Gasteiger partial charge on any atom is 0.0667 e. The molecule has 15 heavy (non-hydrogen) atoms. The second-order valence-electron chi connectivity index (χ2n) is 4.86. The van der Waals surface area contributed by atoms with Crippen LogP contribution in [0, 0.1) is 0 Å². The summed E-state index contributed by atoms with van der Waals surface area (Å²) in [4.78, 5) is 2.42. The molecule has 1 rings (SSSR count). The van der Waals surface area contributed by atoms with Crippen LogP contribution in [0.3, 0.4) is 0 Å². The molecule has 0 radical (unpaired) electrons. The molecule has 0 aromatic rings. The molecule has 0 aromatic heterocycles. The van der Waals surface area contributed by atoms with Gasteiger partial charge in [0.15, 0.2) is 0 Å². The van der Waals surface area contributed by atoms with Crippen LogP contribution in [0.4, 0.5) is 0 Å². The number of hydrogen-bond donors (Lipinski definition) is 1. The second-order valence-corrected chi connectivity index (χ2v) is 4.86. The van der Waals surface area contributed by atoms with Crippen molar-refractivity contribution < 1.29 is 5.11 Å². The van der Waals surface area contributed by atoms with E-state index in [0.717, 1.165) is 13.0 Å². The number of piperidine rings is 1. The molecule has 1 fully saturated rings. The first-order chi connectivity index (χ1) is 7.33. The number of nitrogens with zero attached hydrogens (tertiary/aromatic N) is 1. The van der Waals surface area contributed by atoms with Crippen molar-refractivity contribution in [1.82, 2.24) is 4.90 Å². The molecule has 0 aromatic carbocycles. The zero-order valence-corrected chi connectivity index (χ0v) is 10.2. The third-order valence-corrected chi connectivity index (χ3v) is 3.31. The summed E-state index contributed by atoms with van der Waals surface area (Å²) in [7, 11) is 0. The number of aliphatic hydroxyl groups is 1. The van der Waals surface area contributed by atoms with Gasteiger partial charge in [0.05, 0.1) is 6.10 Å². The van der Waals surface area contributed by atoms with Gasteiger partial charge in [0.1, 0.15) is 0 Å². The Hall–Kier alpha value is -0.0800. The molecular weight excluding hydrogens is 186 g/mol. The van der Waals surface area contributed by atoms with Crippen molar-refractivity contribution in [3.05, 3.63) is 0 Å². The van der Waals surface area contributed by atoms with Gasteiger partial charge in [0, 0.05) is 6.54 Å². The van der Waals surface area contributed by atoms with E-state index in [0.29, 0.717) is 0 Å². The van der Waals surface area contributed by atoms with Gasteiger partial charge in [-0.25, -0.2) is 0 Å². The normalized spacial score (nSPS) is 23.2. The number of β-amino-alcohol motifs (C(OH)–C–C–N with tert-alkyl or cyclic N) is 1. The molecule has 1 N–H and O–H groups in total. The van der Waals surface area contributed by atoms with Crippen LogP contribution >= 0.6 is 0 Å². The van der Waals surface area contributed by atoms with E-state index in [9.17, 15) is 5.11 Å². The lowest BCUT2D eigenvalue weighted by Crippen LogP contribution is -2.38. The van der Waals surface area contributed by atoms with Gasteiger partial charge in [-0.15, -0.1) is 0 Å². The van der Waals surface area contributed by atoms with Gasteiger partial charge in [-0.2, -0.15) is 0 Å². The molecule has 1 unspecified atom stereocenters. The van der Waals surface area contributed by atoms with E-state index in [2.05, 4.69) is 11.8 Å². The average Bonchev–Trinajstić information content (AvgIpc) is 2.23. The van der Waals surface area contributed by atoms with Crippen molar-refractivity contribution in [2.24, 2.45) is 0 Å². The molecule has 2 nitrogen and oxygen atoms in total. The topological polar surface area (TPSA) is 23.5 Å². The molecule has 0 saturated carbocycles. The minimum absolute atomic E-state index is 0.0566. The quantitative estimate of drug-likeness (QED) is 0.657. The molecule has 90 valence electrons. The van der Waals surface area contributed by atoms with Gasteiger partial charge >= 0.3 is 0 Å². The molecule has 1 atom stereocenters. The van der Waals surface area contributed by atoms with Gasteiger partial charge in [-0.3, -0.25) is 0 Å². The fourth-order valence-corrected chi connectivity index (χ4v) is 2.35. The van der Waals surface area contributed by atoms with Crippen molar-refractivity contribution in [3.63, 3.8) is 0 Å². The van der Waals surface area contributed by atoms with Crippen LogP contribution in [0.5, 0.6) is 0 Å². The summed E-state index contributed by atoms with van der Waals surface area (Å²) in [5.74, 6) is 0. The zero-order chi connectivity index (χ0) is 10.9. The fraction of sp³-hybridized carbons (Fsp3) is 1.00. The summed E-state index contributed by atoms with van der Waals surface area (Å²) in [6.07, 6.45) is 10.3. The lowest BCUT2D eigenvalue weighted by molar-refractivity contribution is 0.0698. The standard InChI is InChI=1S/C13H27NO/c1-2-3-4-5-6-7-10-14-11-8-9-13(15)12-14/h13,15H,2-12H2,1H3. The van der Waals surface area contributed by atoms with Crippen molar-refractivity contribution in [3.8, 4) is 0 Å². The minimum atomic E-state index is -0.0566. The van der Waals surface area contributed by atoms with Gasteiger partial charge in [0.2, 0.25) is 0 Å². The van der Waals surface area contributed by atoms with Crippen LogP contribution in [0.2, 0.25) is 0 Å². The number of rotatable bonds is 7. The van der Waals surface area contributed by atoms with Crippen molar-refractivity contribution in [2.75, 3.05) is 19.6 Å². The summed E-state index contributed by atoms with van der Waals surface area (Å²) >= 11 is 0. The molecule has 1 aliphatic rings. The Labute approximate surface area is 94.7 Å². The maximum atomic E-state index is 9.51. The maximum absolute atomic E-state index is 9.51. The average molecular weight is 213 g/mol. The van der Waals surface area contributed by atoms with Crippen LogP contribution in [0.1, 0.15) is 58.3 Å². The number of aliphatic hydroxyl groups excluding tert-OH is 1. The molecule has 1 saturated heterocycles. The molecule has 0 aliphatic carbocycles. The Morgan fingerprint density at radius 1 is 1.13 bits per heavy atom. The highest BCUT2D eigenvalue weighted by atomic mass is 16.3. The third-order valence-electron chi connectivity index (χ3n) is 3.31. The molecule has 1 heterocycles. The van der Waals surface area contributed by atoms with E-state index in [4.69, 9.17) is 0 Å². The summed E-state index contributed by atoms with van der Waals surface area (Å²) in [5.41, 5.74) is 0. The summed E-state index contributed by atoms with van der Waals surface area (Å²) in [6, 6.07) is 0. The van der Waals surface area contributed by atoms with Crippen LogP contribution in [0.25, 0.3) is 0 Å². The van der Waals surface area contributed by atoms with E-state index in [-0.39, 0.29) is 6.10 Å². The van der Waals surface area contributed by atoms with E-state index < -0.39 is 0 Å². The Bertz CT molecular complexity index is 149. The molecule has 0 bridgehead atoms. The Kier molecular flexibility index (Phi) is 7.03. The van der Waals surface area contributed by atoms with E-state index in [1.807, 2.05) is 0 Å². The Balaban J connectivity index is 1.90. The lowest BCUT2D eigenvalue weighted by Gasteiger charge is -2.29. The van der Waals surface area contributed by atoms with Crippen LogP contribution in [0.15, 0.2) is 0 Å². The zero-order valence-electron chi connectivity index (χ0n) is 10.2. The fourth-order valence-electron chi connectivity index (χ4n) is 2.35. The highest BCUT2D eigenvalue weighted by molar-refractivity contribution is 4.71. The first-order valence-electron chi connectivity index (χ1n) is 6.73. The highest BCUT2D eigenvalue weighted by Crippen LogP contribution is 2.11. The smallest absolute Gasteiger partial charge is 0.0667 e. The van der Waals surface area contributed by atoms with Crippen molar-refractivity contribution in [2.45, 2.75) is 64.4 Å². The largest absolute Gasteiger partial charge is 0.392 e. The number of unbranched alkanes of at least 4 members (excludes halogenated alkanes) is 5. The predicted octanol–water partition coefficient (Wildman–Crippen LogP) is 2.80. The van der Waals surface area contributed by atoms with E-state index in [1.165, 1.54) is 58.0 Å². The SMILES string of the molecule is CCCCCCCCN1CCCC(O)C1. The third kappa shape index (κ3) is 6.16. The van der Waals surface area contributed by atoms with Crippen LogP contribution in [-0.2, 0) is 0 Å².